The van der Waals surface area contributed by atoms with Crippen molar-refractivity contribution in [2.24, 2.45) is 5.92 Å². The highest BCUT2D eigenvalue weighted by molar-refractivity contribution is 6.21. The van der Waals surface area contributed by atoms with E-state index < -0.39 is 23.7 Å². The lowest BCUT2D eigenvalue weighted by Gasteiger charge is -2.17. The SMILES string of the molecule is O=C(CC(CCN1C(=O)c2ccccc2C1=O)C(=O)O)c1ccccc1. The van der Waals surface area contributed by atoms with E-state index in [-0.39, 0.29) is 25.2 Å². The zero-order valence-electron chi connectivity index (χ0n) is 13.9. The number of carbonyl (C=O) groups excluding carboxylic acids is 3. The number of hydrogen-bond acceptors (Lipinski definition) is 4. The smallest absolute Gasteiger partial charge is 0.307 e. The summed E-state index contributed by atoms with van der Waals surface area (Å²) >= 11 is 0. The molecule has 1 unspecified atom stereocenters. The lowest BCUT2D eigenvalue weighted by Crippen LogP contribution is -2.33. The predicted octanol–water partition coefficient (Wildman–Crippen LogP) is 2.65. The van der Waals surface area contributed by atoms with Crippen LogP contribution in [0.4, 0.5) is 0 Å². The van der Waals surface area contributed by atoms with Crippen LogP contribution >= 0.6 is 0 Å². The Kier molecular flexibility index (Phi) is 4.93. The molecule has 0 aliphatic carbocycles. The average Bonchev–Trinajstić information content (AvgIpc) is 2.90. The summed E-state index contributed by atoms with van der Waals surface area (Å²) in [6, 6.07) is 14.9. The molecule has 1 aliphatic rings. The van der Waals surface area contributed by atoms with E-state index >= 15 is 0 Å². The van der Waals surface area contributed by atoms with Crippen LogP contribution in [0.15, 0.2) is 54.6 Å². The third-order valence-electron chi connectivity index (χ3n) is 4.46. The van der Waals surface area contributed by atoms with Gasteiger partial charge in [0.15, 0.2) is 5.78 Å². The minimum Gasteiger partial charge on any atom is -0.481 e. The van der Waals surface area contributed by atoms with Gasteiger partial charge in [-0.15, -0.1) is 0 Å². The average molecular weight is 351 g/mol. The summed E-state index contributed by atoms with van der Waals surface area (Å²) in [5, 5.41) is 9.41. The number of rotatable bonds is 7. The number of amides is 2. The summed E-state index contributed by atoms with van der Waals surface area (Å²) in [5.41, 5.74) is 1.09. The molecule has 132 valence electrons. The zero-order valence-corrected chi connectivity index (χ0v) is 13.9. The van der Waals surface area contributed by atoms with E-state index in [4.69, 9.17) is 0 Å². The molecule has 0 aromatic heterocycles. The van der Waals surface area contributed by atoms with Crippen LogP contribution in [0.3, 0.4) is 0 Å². The number of aliphatic carboxylic acids is 1. The quantitative estimate of drug-likeness (QED) is 0.611. The minimum absolute atomic E-state index is 0.0272. The van der Waals surface area contributed by atoms with Crippen molar-refractivity contribution in [2.75, 3.05) is 6.54 Å². The zero-order chi connectivity index (χ0) is 18.7. The molecule has 6 nitrogen and oxygen atoms in total. The number of carboxylic acid groups (broad SMARTS) is 1. The van der Waals surface area contributed by atoms with Crippen molar-refractivity contribution in [1.82, 2.24) is 4.90 Å². The van der Waals surface area contributed by atoms with Crippen LogP contribution in [0.1, 0.15) is 43.9 Å². The minimum atomic E-state index is -1.12. The summed E-state index contributed by atoms with van der Waals surface area (Å²) in [7, 11) is 0. The van der Waals surface area contributed by atoms with Crippen LogP contribution in [0, 0.1) is 5.92 Å². The molecule has 0 saturated heterocycles. The van der Waals surface area contributed by atoms with Gasteiger partial charge in [0.05, 0.1) is 17.0 Å². The number of nitrogens with zero attached hydrogens (tertiary/aromatic N) is 1. The molecule has 0 spiro atoms. The molecule has 2 amide bonds. The monoisotopic (exact) mass is 351 g/mol. The van der Waals surface area contributed by atoms with Gasteiger partial charge in [0.1, 0.15) is 0 Å². The Balaban J connectivity index is 1.67. The van der Waals surface area contributed by atoms with Crippen molar-refractivity contribution in [3.8, 4) is 0 Å². The molecule has 0 fully saturated rings. The number of hydrogen-bond donors (Lipinski definition) is 1. The number of fused-ring (bicyclic) bond motifs is 1. The first-order valence-electron chi connectivity index (χ1n) is 8.25. The normalized spacial score (nSPS) is 14.2. The molecule has 6 heteroatoms. The number of ketones is 1. The van der Waals surface area contributed by atoms with Gasteiger partial charge in [-0.2, -0.15) is 0 Å². The molecule has 0 bridgehead atoms. The van der Waals surface area contributed by atoms with Gasteiger partial charge >= 0.3 is 5.97 Å². The van der Waals surface area contributed by atoms with Crippen molar-refractivity contribution in [3.05, 3.63) is 71.3 Å². The Hall–Kier alpha value is -3.28. The van der Waals surface area contributed by atoms with E-state index in [1.165, 1.54) is 0 Å². The highest BCUT2D eigenvalue weighted by Gasteiger charge is 2.35. The van der Waals surface area contributed by atoms with Crippen molar-refractivity contribution in [1.29, 1.82) is 0 Å². The first kappa shape index (κ1) is 17.5. The molecular formula is C20H17NO5. The second-order valence-corrected chi connectivity index (χ2v) is 6.12. The number of carbonyl (C=O) groups is 4. The van der Waals surface area contributed by atoms with Crippen LogP contribution in [0.2, 0.25) is 0 Å². The van der Waals surface area contributed by atoms with Crippen LogP contribution in [0.25, 0.3) is 0 Å². The Labute approximate surface area is 150 Å². The van der Waals surface area contributed by atoms with E-state index in [1.807, 2.05) is 0 Å². The lowest BCUT2D eigenvalue weighted by atomic mass is 9.95. The van der Waals surface area contributed by atoms with Gasteiger partial charge in [-0.3, -0.25) is 24.1 Å². The summed E-state index contributed by atoms with van der Waals surface area (Å²) in [6.07, 6.45) is -0.151. The molecule has 1 atom stereocenters. The molecule has 3 rings (SSSR count). The molecule has 1 heterocycles. The third kappa shape index (κ3) is 3.39. The molecule has 2 aromatic carbocycles. The fourth-order valence-corrected chi connectivity index (χ4v) is 3.01. The molecule has 2 aromatic rings. The topological polar surface area (TPSA) is 91.8 Å². The van der Waals surface area contributed by atoms with Crippen molar-refractivity contribution >= 4 is 23.6 Å². The van der Waals surface area contributed by atoms with Gasteiger partial charge in [0, 0.05) is 18.5 Å². The van der Waals surface area contributed by atoms with Crippen LogP contribution in [-0.2, 0) is 4.79 Å². The summed E-state index contributed by atoms with van der Waals surface area (Å²) in [4.78, 5) is 49.5. The van der Waals surface area contributed by atoms with E-state index in [1.54, 1.807) is 54.6 Å². The molecule has 1 aliphatic heterocycles. The van der Waals surface area contributed by atoms with Crippen molar-refractivity contribution in [2.45, 2.75) is 12.8 Å². The molecule has 1 N–H and O–H groups in total. The highest BCUT2D eigenvalue weighted by atomic mass is 16.4. The third-order valence-corrected chi connectivity index (χ3v) is 4.46. The first-order valence-corrected chi connectivity index (χ1v) is 8.25. The fourth-order valence-electron chi connectivity index (χ4n) is 3.01. The molecular weight excluding hydrogens is 334 g/mol. The number of imide groups is 1. The molecule has 0 saturated carbocycles. The Bertz CT molecular complexity index is 840. The van der Waals surface area contributed by atoms with Gasteiger partial charge in [-0.05, 0) is 18.6 Å². The Morgan fingerprint density at radius 1 is 0.885 bits per heavy atom. The second-order valence-electron chi connectivity index (χ2n) is 6.12. The Morgan fingerprint density at radius 2 is 1.42 bits per heavy atom. The second kappa shape index (κ2) is 7.31. The largest absolute Gasteiger partial charge is 0.481 e. The van der Waals surface area contributed by atoms with Crippen LogP contribution in [0.5, 0.6) is 0 Å². The summed E-state index contributed by atoms with van der Waals surface area (Å²) in [5.74, 6) is -3.22. The van der Waals surface area contributed by atoms with Gasteiger partial charge in [0.2, 0.25) is 0 Å². The van der Waals surface area contributed by atoms with Gasteiger partial charge in [-0.1, -0.05) is 42.5 Å². The van der Waals surface area contributed by atoms with E-state index in [0.717, 1.165) is 4.90 Å². The summed E-state index contributed by atoms with van der Waals surface area (Å²) < 4.78 is 0. The van der Waals surface area contributed by atoms with Gasteiger partial charge in [-0.25, -0.2) is 0 Å². The molecule has 26 heavy (non-hydrogen) atoms. The number of Topliss-reactive ketones (excluding diaryl/α,β-unsaturated/α-hetero) is 1. The maximum absolute atomic E-state index is 12.3. The van der Waals surface area contributed by atoms with Crippen molar-refractivity contribution in [3.63, 3.8) is 0 Å². The first-order chi connectivity index (χ1) is 12.5. The van der Waals surface area contributed by atoms with Crippen molar-refractivity contribution < 1.29 is 24.3 Å². The lowest BCUT2D eigenvalue weighted by molar-refractivity contribution is -0.142. The number of benzene rings is 2. The van der Waals surface area contributed by atoms with Crippen LogP contribution < -0.4 is 0 Å². The summed E-state index contributed by atoms with van der Waals surface area (Å²) in [6.45, 7) is -0.0363. The fraction of sp³-hybridized carbons (Fsp3) is 0.200. The molecule has 0 radical (unpaired) electrons. The van der Waals surface area contributed by atoms with E-state index in [9.17, 15) is 24.3 Å². The standard InChI is InChI=1S/C20H17NO5/c22-17(13-6-2-1-3-7-13)12-14(20(25)26)10-11-21-18(23)15-8-4-5-9-16(15)19(21)24/h1-9,14H,10-12H2,(H,25,26). The predicted molar refractivity (Wildman–Crippen MR) is 92.9 cm³/mol. The van der Waals surface area contributed by atoms with E-state index in [2.05, 4.69) is 0 Å². The number of carboxylic acids is 1. The highest BCUT2D eigenvalue weighted by Crippen LogP contribution is 2.24. The van der Waals surface area contributed by atoms with Gasteiger partial charge in [0.25, 0.3) is 11.8 Å². The van der Waals surface area contributed by atoms with Gasteiger partial charge < -0.3 is 5.11 Å². The van der Waals surface area contributed by atoms with E-state index in [0.29, 0.717) is 16.7 Å². The van der Waals surface area contributed by atoms with Crippen LogP contribution in [-0.4, -0.2) is 40.1 Å². The maximum atomic E-state index is 12.3. The Morgan fingerprint density at radius 3 is 1.96 bits per heavy atom. The maximum Gasteiger partial charge on any atom is 0.307 e.